The van der Waals surface area contributed by atoms with E-state index in [0.717, 1.165) is 0 Å². The summed E-state index contributed by atoms with van der Waals surface area (Å²) in [6.45, 7) is 0. The van der Waals surface area contributed by atoms with Gasteiger partial charge in [0.2, 0.25) is 0 Å². The van der Waals surface area contributed by atoms with E-state index in [1.54, 1.807) is 18.2 Å². The summed E-state index contributed by atoms with van der Waals surface area (Å²) < 4.78 is 0.694. The first-order valence-corrected chi connectivity index (χ1v) is 6.15. The lowest BCUT2D eigenvalue weighted by Crippen LogP contribution is -2.12. The molecule has 0 spiro atoms. The quantitative estimate of drug-likeness (QED) is 0.830. The minimum Gasteiger partial charge on any atom is -0.507 e. The molecule has 0 bridgehead atoms. The van der Waals surface area contributed by atoms with Crippen molar-refractivity contribution in [3.05, 3.63) is 51.7 Å². The van der Waals surface area contributed by atoms with Gasteiger partial charge in [0.25, 0.3) is 5.91 Å². The van der Waals surface area contributed by atoms with E-state index >= 15 is 0 Å². The zero-order valence-electron chi connectivity index (χ0n) is 9.02. The maximum absolute atomic E-state index is 11.9. The van der Waals surface area contributed by atoms with E-state index in [0.29, 0.717) is 10.2 Å². The minimum atomic E-state index is -0.449. The first-order chi connectivity index (χ1) is 8.58. The molecule has 4 nitrogen and oxygen atoms in total. The molecule has 0 unspecified atom stereocenters. The number of carbonyl (C=O) groups excluding carboxylic acids is 1. The maximum atomic E-state index is 11.9. The van der Waals surface area contributed by atoms with E-state index in [1.165, 1.54) is 18.3 Å². The van der Waals surface area contributed by atoms with Crippen LogP contribution in [0.15, 0.2) is 41.0 Å². The Bertz CT molecular complexity index is 604. The molecule has 0 saturated carbocycles. The summed E-state index contributed by atoms with van der Waals surface area (Å²) in [5.74, 6) is -0.538. The number of anilines is 1. The smallest absolute Gasteiger partial charge is 0.259 e. The standard InChI is InChI=1S/C12H8BrClN2O2/c13-7-5-9(11(14)15-6-7)16-12(18)8-3-1-2-4-10(8)17/h1-6,17H,(H,16,18). The van der Waals surface area contributed by atoms with Crippen LogP contribution in [0.1, 0.15) is 10.4 Å². The van der Waals surface area contributed by atoms with Gasteiger partial charge in [0.1, 0.15) is 5.75 Å². The molecule has 2 N–H and O–H groups in total. The lowest BCUT2D eigenvalue weighted by Gasteiger charge is -2.08. The normalized spacial score (nSPS) is 10.1. The lowest BCUT2D eigenvalue weighted by molar-refractivity contribution is 0.102. The third kappa shape index (κ3) is 2.80. The molecule has 1 aromatic carbocycles. The van der Waals surface area contributed by atoms with Crippen LogP contribution in [0.5, 0.6) is 5.75 Å². The van der Waals surface area contributed by atoms with Crippen molar-refractivity contribution >= 4 is 39.1 Å². The zero-order chi connectivity index (χ0) is 13.1. The van der Waals surface area contributed by atoms with Crippen molar-refractivity contribution < 1.29 is 9.90 Å². The van der Waals surface area contributed by atoms with Crippen LogP contribution in [0.25, 0.3) is 0 Å². The predicted molar refractivity (Wildman–Crippen MR) is 73.0 cm³/mol. The van der Waals surface area contributed by atoms with Crippen molar-refractivity contribution in [2.45, 2.75) is 0 Å². The molecule has 1 amide bonds. The van der Waals surface area contributed by atoms with Gasteiger partial charge in [-0.1, -0.05) is 23.7 Å². The van der Waals surface area contributed by atoms with Crippen LogP contribution in [0.3, 0.4) is 0 Å². The highest BCUT2D eigenvalue weighted by molar-refractivity contribution is 9.10. The topological polar surface area (TPSA) is 62.2 Å². The van der Waals surface area contributed by atoms with Gasteiger partial charge in [-0.15, -0.1) is 0 Å². The van der Waals surface area contributed by atoms with E-state index in [9.17, 15) is 9.90 Å². The van der Waals surface area contributed by atoms with Crippen LogP contribution < -0.4 is 5.32 Å². The van der Waals surface area contributed by atoms with Gasteiger partial charge in [-0.2, -0.15) is 0 Å². The van der Waals surface area contributed by atoms with Gasteiger partial charge in [-0.3, -0.25) is 4.79 Å². The van der Waals surface area contributed by atoms with Crippen LogP contribution in [0.2, 0.25) is 5.15 Å². The SMILES string of the molecule is O=C(Nc1cc(Br)cnc1Cl)c1ccccc1O. The molecule has 0 atom stereocenters. The van der Waals surface area contributed by atoms with E-state index in [-0.39, 0.29) is 16.5 Å². The van der Waals surface area contributed by atoms with Gasteiger partial charge in [-0.05, 0) is 34.1 Å². The molecule has 0 fully saturated rings. The summed E-state index contributed by atoms with van der Waals surface area (Å²) in [4.78, 5) is 15.8. The summed E-state index contributed by atoms with van der Waals surface area (Å²) >= 11 is 9.09. The van der Waals surface area contributed by atoms with E-state index in [4.69, 9.17) is 11.6 Å². The van der Waals surface area contributed by atoms with Gasteiger partial charge in [0, 0.05) is 10.7 Å². The van der Waals surface area contributed by atoms with Gasteiger partial charge in [0.15, 0.2) is 5.15 Å². The summed E-state index contributed by atoms with van der Waals surface area (Å²) in [7, 11) is 0. The molecule has 2 rings (SSSR count). The lowest BCUT2D eigenvalue weighted by atomic mass is 10.2. The average molecular weight is 328 g/mol. The van der Waals surface area contributed by atoms with Gasteiger partial charge in [-0.25, -0.2) is 4.98 Å². The Labute approximate surface area is 117 Å². The fourth-order valence-corrected chi connectivity index (χ4v) is 1.85. The number of pyridine rings is 1. The predicted octanol–water partition coefficient (Wildman–Crippen LogP) is 3.46. The van der Waals surface area contributed by atoms with Gasteiger partial charge < -0.3 is 10.4 Å². The molecule has 0 radical (unpaired) electrons. The molecule has 0 aliphatic heterocycles. The van der Waals surface area contributed by atoms with Crippen molar-refractivity contribution in [3.8, 4) is 5.75 Å². The van der Waals surface area contributed by atoms with E-state index in [2.05, 4.69) is 26.2 Å². The molecular weight excluding hydrogens is 320 g/mol. The number of benzene rings is 1. The number of halogens is 2. The Morgan fingerprint density at radius 3 is 2.83 bits per heavy atom. The first kappa shape index (κ1) is 12.9. The van der Waals surface area contributed by atoms with E-state index in [1.807, 2.05) is 0 Å². The monoisotopic (exact) mass is 326 g/mol. The minimum absolute atomic E-state index is 0.0888. The summed E-state index contributed by atoms with van der Waals surface area (Å²) in [5, 5.41) is 12.3. The number of amides is 1. The summed E-state index contributed by atoms with van der Waals surface area (Å²) in [5.41, 5.74) is 0.549. The number of phenolic OH excluding ortho intramolecular Hbond substituents is 1. The molecule has 18 heavy (non-hydrogen) atoms. The molecule has 1 aromatic heterocycles. The molecule has 0 saturated heterocycles. The second-order valence-electron chi connectivity index (χ2n) is 3.46. The number of hydrogen-bond donors (Lipinski definition) is 2. The molecular formula is C12H8BrClN2O2. The first-order valence-electron chi connectivity index (χ1n) is 4.98. The Kier molecular flexibility index (Phi) is 3.84. The Morgan fingerprint density at radius 1 is 1.39 bits per heavy atom. The highest BCUT2D eigenvalue weighted by Crippen LogP contribution is 2.24. The van der Waals surface area contributed by atoms with Gasteiger partial charge in [0.05, 0.1) is 11.3 Å². The fraction of sp³-hybridized carbons (Fsp3) is 0. The van der Waals surface area contributed by atoms with Crippen LogP contribution in [-0.2, 0) is 0 Å². The van der Waals surface area contributed by atoms with Crippen LogP contribution >= 0.6 is 27.5 Å². The Balaban J connectivity index is 2.27. The third-order valence-electron chi connectivity index (χ3n) is 2.20. The number of phenols is 1. The zero-order valence-corrected chi connectivity index (χ0v) is 11.4. The van der Waals surface area contributed by atoms with Crippen molar-refractivity contribution in [1.29, 1.82) is 0 Å². The number of aromatic nitrogens is 1. The highest BCUT2D eigenvalue weighted by atomic mass is 79.9. The number of nitrogens with zero attached hydrogens (tertiary/aromatic N) is 1. The van der Waals surface area contributed by atoms with Crippen molar-refractivity contribution in [1.82, 2.24) is 4.98 Å². The van der Waals surface area contributed by atoms with Gasteiger partial charge >= 0.3 is 0 Å². The number of aromatic hydroxyl groups is 1. The third-order valence-corrected chi connectivity index (χ3v) is 2.94. The molecule has 1 heterocycles. The van der Waals surface area contributed by atoms with Crippen molar-refractivity contribution in [2.24, 2.45) is 0 Å². The highest BCUT2D eigenvalue weighted by Gasteiger charge is 2.12. The maximum Gasteiger partial charge on any atom is 0.259 e. The average Bonchev–Trinajstić information content (AvgIpc) is 2.34. The van der Waals surface area contributed by atoms with Crippen molar-refractivity contribution in [3.63, 3.8) is 0 Å². The summed E-state index contributed by atoms with van der Waals surface area (Å²) in [6, 6.07) is 7.89. The second-order valence-corrected chi connectivity index (χ2v) is 4.74. The number of hydrogen-bond acceptors (Lipinski definition) is 3. The number of rotatable bonds is 2. The number of nitrogens with one attached hydrogen (secondary N) is 1. The largest absolute Gasteiger partial charge is 0.507 e. The second kappa shape index (κ2) is 5.37. The molecule has 0 aliphatic rings. The Hall–Kier alpha value is -1.59. The molecule has 0 aliphatic carbocycles. The summed E-state index contributed by atoms with van der Waals surface area (Å²) in [6.07, 6.45) is 1.53. The fourth-order valence-electron chi connectivity index (χ4n) is 1.37. The number of carbonyl (C=O) groups is 1. The molecule has 6 heteroatoms. The molecule has 92 valence electrons. The van der Waals surface area contributed by atoms with Crippen molar-refractivity contribution in [2.75, 3.05) is 5.32 Å². The van der Waals surface area contributed by atoms with Crippen LogP contribution in [-0.4, -0.2) is 16.0 Å². The van der Waals surface area contributed by atoms with Crippen LogP contribution in [0, 0.1) is 0 Å². The Morgan fingerprint density at radius 2 is 2.11 bits per heavy atom. The van der Waals surface area contributed by atoms with Crippen LogP contribution in [0.4, 0.5) is 5.69 Å². The van der Waals surface area contributed by atoms with E-state index < -0.39 is 5.91 Å². The molecule has 2 aromatic rings. The number of para-hydroxylation sites is 1.